The van der Waals surface area contributed by atoms with Gasteiger partial charge < -0.3 is 10.3 Å². The fraction of sp³-hybridized carbons (Fsp3) is 0. The van der Waals surface area contributed by atoms with Crippen LogP contribution in [0.1, 0.15) is 10.4 Å². The average molecular weight is 368 g/mol. The van der Waals surface area contributed by atoms with Crippen LogP contribution in [-0.4, -0.2) is 15.9 Å². The lowest BCUT2D eigenvalue weighted by atomic mass is 10.1. The summed E-state index contributed by atoms with van der Waals surface area (Å²) in [6.45, 7) is 0. The fourth-order valence-electron chi connectivity index (χ4n) is 2.78. The molecule has 0 aliphatic heterocycles. The lowest BCUT2D eigenvalue weighted by Crippen LogP contribution is -2.22. The summed E-state index contributed by atoms with van der Waals surface area (Å²) < 4.78 is 13.4. The number of fused-ring (bicyclic) bond motifs is 2. The van der Waals surface area contributed by atoms with Crippen molar-refractivity contribution in [1.82, 2.24) is 9.97 Å². The first-order chi connectivity index (χ1) is 12.5. The number of benzene rings is 2. The molecule has 0 unspecified atom stereocenters. The molecule has 128 valence electrons. The predicted molar refractivity (Wildman–Crippen MR) is 99.2 cm³/mol. The summed E-state index contributed by atoms with van der Waals surface area (Å²) in [5.41, 5.74) is 0.916. The molecule has 0 bridgehead atoms. The monoisotopic (exact) mass is 367 g/mol. The molecule has 0 saturated carbocycles. The van der Waals surface area contributed by atoms with Crippen LogP contribution >= 0.6 is 11.6 Å². The number of hydrogen-bond donors (Lipinski definition) is 2. The van der Waals surface area contributed by atoms with E-state index in [-0.39, 0.29) is 10.9 Å². The summed E-state index contributed by atoms with van der Waals surface area (Å²) in [4.78, 5) is 32.2. The number of pyridine rings is 2. The van der Waals surface area contributed by atoms with Gasteiger partial charge in [-0.25, -0.2) is 4.39 Å². The molecule has 2 aromatic heterocycles. The average Bonchev–Trinajstić information content (AvgIpc) is 2.63. The van der Waals surface area contributed by atoms with Gasteiger partial charge >= 0.3 is 0 Å². The summed E-state index contributed by atoms with van der Waals surface area (Å²) in [6, 6.07) is 10.5. The van der Waals surface area contributed by atoms with Gasteiger partial charge in [0.2, 0.25) is 5.43 Å². The number of nitrogens with zero attached hydrogens (tertiary/aromatic N) is 1. The minimum atomic E-state index is -0.607. The number of halogens is 2. The Hall–Kier alpha value is -3.25. The van der Waals surface area contributed by atoms with E-state index in [2.05, 4.69) is 15.3 Å². The standard InChI is InChI=1S/C19H11ClFN3O2/c20-10-1-3-15-12(7-10)17(5-6-22-15)24-19(26)14-9-23-16-4-2-11(21)8-13(16)18(14)25/h1-9H,(H,23,25)(H,22,24,26). The molecular weight excluding hydrogens is 357 g/mol. The highest BCUT2D eigenvalue weighted by atomic mass is 35.5. The molecule has 5 nitrogen and oxygen atoms in total. The minimum absolute atomic E-state index is 0.111. The number of amides is 1. The van der Waals surface area contributed by atoms with Crippen molar-refractivity contribution in [3.8, 4) is 0 Å². The van der Waals surface area contributed by atoms with Crippen LogP contribution in [0, 0.1) is 5.82 Å². The first kappa shape index (κ1) is 16.2. The molecule has 0 radical (unpaired) electrons. The van der Waals surface area contributed by atoms with Crippen molar-refractivity contribution < 1.29 is 9.18 Å². The van der Waals surface area contributed by atoms with E-state index in [0.717, 1.165) is 6.07 Å². The molecule has 0 saturated heterocycles. The van der Waals surface area contributed by atoms with Gasteiger partial charge in [-0.3, -0.25) is 14.6 Å². The highest BCUT2D eigenvalue weighted by Crippen LogP contribution is 2.25. The Morgan fingerprint density at radius 3 is 2.81 bits per heavy atom. The number of carbonyl (C=O) groups excluding carboxylic acids is 1. The maximum absolute atomic E-state index is 13.4. The van der Waals surface area contributed by atoms with Crippen molar-refractivity contribution in [1.29, 1.82) is 0 Å². The molecule has 0 atom stereocenters. The normalized spacial score (nSPS) is 11.0. The van der Waals surface area contributed by atoms with E-state index in [1.165, 1.54) is 18.3 Å². The van der Waals surface area contributed by atoms with E-state index in [1.54, 1.807) is 30.5 Å². The quantitative estimate of drug-likeness (QED) is 0.559. The Morgan fingerprint density at radius 2 is 1.96 bits per heavy atom. The van der Waals surface area contributed by atoms with Gasteiger partial charge in [0.25, 0.3) is 5.91 Å². The topological polar surface area (TPSA) is 74.8 Å². The number of hydrogen-bond acceptors (Lipinski definition) is 3. The van der Waals surface area contributed by atoms with E-state index in [9.17, 15) is 14.0 Å². The van der Waals surface area contributed by atoms with E-state index in [1.807, 2.05) is 0 Å². The zero-order valence-corrected chi connectivity index (χ0v) is 14.0. The SMILES string of the molecule is O=C(Nc1ccnc2ccc(Cl)cc12)c1c[nH]c2ccc(F)cc2c1=O. The largest absolute Gasteiger partial charge is 0.360 e. The van der Waals surface area contributed by atoms with Crippen molar-refractivity contribution in [2.75, 3.05) is 5.32 Å². The Bertz CT molecular complexity index is 1240. The Labute approximate surface area is 151 Å². The van der Waals surface area contributed by atoms with Crippen LogP contribution in [0.4, 0.5) is 10.1 Å². The molecule has 0 aliphatic carbocycles. The second kappa shape index (κ2) is 6.24. The summed E-state index contributed by atoms with van der Waals surface area (Å²) in [5.74, 6) is -1.15. The first-order valence-electron chi connectivity index (χ1n) is 7.69. The molecular formula is C19H11ClFN3O2. The zero-order chi connectivity index (χ0) is 18.3. The highest BCUT2D eigenvalue weighted by molar-refractivity contribution is 6.31. The van der Waals surface area contributed by atoms with Gasteiger partial charge in [-0.2, -0.15) is 0 Å². The number of anilines is 1. The van der Waals surface area contributed by atoms with Gasteiger partial charge in [0.05, 0.1) is 11.2 Å². The minimum Gasteiger partial charge on any atom is -0.360 e. The van der Waals surface area contributed by atoms with Crippen LogP contribution in [0.25, 0.3) is 21.8 Å². The zero-order valence-electron chi connectivity index (χ0n) is 13.2. The number of nitrogens with one attached hydrogen (secondary N) is 2. The lowest BCUT2D eigenvalue weighted by molar-refractivity contribution is 0.102. The molecule has 2 aromatic carbocycles. The smallest absolute Gasteiger partial charge is 0.261 e. The van der Waals surface area contributed by atoms with Gasteiger partial charge in [-0.1, -0.05) is 11.6 Å². The maximum atomic E-state index is 13.4. The third-order valence-corrected chi connectivity index (χ3v) is 4.27. The van der Waals surface area contributed by atoms with Gasteiger partial charge in [-0.05, 0) is 42.5 Å². The van der Waals surface area contributed by atoms with Crippen molar-refractivity contribution in [2.45, 2.75) is 0 Å². The van der Waals surface area contributed by atoms with Gasteiger partial charge in [0.1, 0.15) is 11.4 Å². The van der Waals surface area contributed by atoms with Crippen LogP contribution < -0.4 is 10.7 Å². The number of aromatic amines is 1. The van der Waals surface area contributed by atoms with Crippen LogP contribution in [0.2, 0.25) is 5.02 Å². The summed E-state index contributed by atoms with van der Waals surface area (Å²) >= 11 is 6.02. The summed E-state index contributed by atoms with van der Waals surface area (Å²) in [6.07, 6.45) is 2.86. The van der Waals surface area contributed by atoms with Gasteiger partial charge in [0.15, 0.2) is 0 Å². The van der Waals surface area contributed by atoms with Gasteiger partial charge in [-0.15, -0.1) is 0 Å². The number of H-pyrrole nitrogens is 1. The van der Waals surface area contributed by atoms with Crippen molar-refractivity contribution in [3.63, 3.8) is 0 Å². The second-order valence-electron chi connectivity index (χ2n) is 5.70. The molecule has 26 heavy (non-hydrogen) atoms. The number of aromatic nitrogens is 2. The van der Waals surface area contributed by atoms with Crippen molar-refractivity contribution in [3.05, 3.63) is 81.5 Å². The number of rotatable bonds is 2. The van der Waals surface area contributed by atoms with Crippen molar-refractivity contribution in [2.24, 2.45) is 0 Å². The molecule has 0 fully saturated rings. The Kier molecular flexibility index (Phi) is 3.89. The van der Waals surface area contributed by atoms with E-state index >= 15 is 0 Å². The molecule has 2 heterocycles. The van der Waals surface area contributed by atoms with E-state index in [4.69, 9.17) is 11.6 Å². The highest BCUT2D eigenvalue weighted by Gasteiger charge is 2.15. The second-order valence-corrected chi connectivity index (χ2v) is 6.13. The van der Waals surface area contributed by atoms with Gasteiger partial charge in [0, 0.05) is 33.7 Å². The molecule has 2 N–H and O–H groups in total. The van der Waals surface area contributed by atoms with Crippen LogP contribution in [0.5, 0.6) is 0 Å². The lowest BCUT2D eigenvalue weighted by Gasteiger charge is -2.09. The van der Waals surface area contributed by atoms with Crippen molar-refractivity contribution >= 4 is 45.0 Å². The predicted octanol–water partition coefficient (Wildman–Crippen LogP) is 4.12. The summed E-state index contributed by atoms with van der Waals surface area (Å²) in [7, 11) is 0. The van der Waals surface area contributed by atoms with E-state index in [0.29, 0.717) is 27.1 Å². The van der Waals surface area contributed by atoms with Crippen LogP contribution in [0.3, 0.4) is 0 Å². The number of carbonyl (C=O) groups is 1. The fourth-order valence-corrected chi connectivity index (χ4v) is 2.95. The third kappa shape index (κ3) is 2.80. The van der Waals surface area contributed by atoms with Crippen LogP contribution in [0.15, 0.2) is 59.7 Å². The molecule has 1 amide bonds. The first-order valence-corrected chi connectivity index (χ1v) is 8.07. The molecule has 4 rings (SSSR count). The molecule has 0 spiro atoms. The molecule has 4 aromatic rings. The third-order valence-electron chi connectivity index (χ3n) is 4.04. The Morgan fingerprint density at radius 1 is 1.12 bits per heavy atom. The summed E-state index contributed by atoms with van der Waals surface area (Å²) in [5, 5.41) is 3.96. The Balaban J connectivity index is 1.78. The molecule has 0 aliphatic rings. The molecule has 7 heteroatoms. The maximum Gasteiger partial charge on any atom is 0.261 e. The van der Waals surface area contributed by atoms with E-state index < -0.39 is 17.2 Å². The van der Waals surface area contributed by atoms with Crippen LogP contribution in [-0.2, 0) is 0 Å².